The Kier molecular flexibility index (Phi) is 5.13. The number of nitrogens with one attached hydrogen (secondary N) is 1. The van der Waals surface area contributed by atoms with Crippen molar-refractivity contribution in [3.8, 4) is 0 Å². The second-order valence-electron chi connectivity index (χ2n) is 6.07. The van der Waals surface area contributed by atoms with Crippen LogP contribution in [0.1, 0.15) is 35.6 Å². The van der Waals surface area contributed by atoms with Gasteiger partial charge in [0, 0.05) is 11.6 Å². The first-order valence-corrected chi connectivity index (χ1v) is 8.18. The molecule has 1 amide bonds. The molecule has 2 aromatic rings. The molecule has 0 aromatic heterocycles. The zero-order valence-electron chi connectivity index (χ0n) is 13.4. The molecule has 5 heteroatoms. The predicted octanol–water partition coefficient (Wildman–Crippen LogP) is 3.13. The predicted molar refractivity (Wildman–Crippen MR) is 92.6 cm³/mol. The van der Waals surface area contributed by atoms with Crippen LogP contribution in [0.3, 0.4) is 0 Å². The number of aryl methyl sites for hydroxylation is 1. The Hall–Kier alpha value is -2.37. The van der Waals surface area contributed by atoms with Gasteiger partial charge < -0.3 is 15.6 Å². The highest BCUT2D eigenvalue weighted by molar-refractivity contribution is 5.86. The molecule has 0 aliphatic heterocycles. The highest BCUT2D eigenvalue weighted by atomic mass is 16.5. The SMILES string of the molecule is NC1CCCc2cccc(NC(=O)OCc3ccccc3)c2C1O. The molecule has 0 saturated heterocycles. The standard InChI is InChI=1S/C19H22N2O3/c20-15-10-4-8-14-9-5-11-16(17(14)18(15)22)21-19(23)24-12-13-6-2-1-3-7-13/h1-3,5-7,9,11,15,18,22H,4,8,10,12,20H2,(H,21,23). The van der Waals surface area contributed by atoms with Crippen LogP contribution < -0.4 is 11.1 Å². The summed E-state index contributed by atoms with van der Waals surface area (Å²) in [7, 11) is 0. The first kappa shape index (κ1) is 16.5. The number of aliphatic hydroxyl groups excluding tert-OH is 1. The van der Waals surface area contributed by atoms with E-state index in [0.29, 0.717) is 11.3 Å². The van der Waals surface area contributed by atoms with Crippen LogP contribution in [0.25, 0.3) is 0 Å². The minimum absolute atomic E-state index is 0.198. The number of nitrogens with two attached hydrogens (primary N) is 1. The Morgan fingerprint density at radius 1 is 1.21 bits per heavy atom. The third-order valence-corrected chi connectivity index (χ3v) is 4.33. The molecule has 5 nitrogen and oxygen atoms in total. The lowest BCUT2D eigenvalue weighted by Gasteiger charge is -2.21. The van der Waals surface area contributed by atoms with Crippen LogP contribution in [0.5, 0.6) is 0 Å². The van der Waals surface area contributed by atoms with Crippen molar-refractivity contribution < 1.29 is 14.6 Å². The van der Waals surface area contributed by atoms with Crippen LogP contribution in [-0.4, -0.2) is 17.2 Å². The molecule has 0 radical (unpaired) electrons. The Morgan fingerprint density at radius 3 is 2.79 bits per heavy atom. The molecule has 0 bridgehead atoms. The topological polar surface area (TPSA) is 84.6 Å². The normalized spacial score (nSPS) is 19.9. The maximum atomic E-state index is 12.1. The third-order valence-electron chi connectivity index (χ3n) is 4.33. The van der Waals surface area contributed by atoms with Gasteiger partial charge in [0.15, 0.2) is 0 Å². The number of fused-ring (bicyclic) bond motifs is 1. The van der Waals surface area contributed by atoms with Gasteiger partial charge in [-0.25, -0.2) is 4.79 Å². The van der Waals surface area contributed by atoms with Crippen LogP contribution in [0.15, 0.2) is 48.5 Å². The monoisotopic (exact) mass is 326 g/mol. The van der Waals surface area contributed by atoms with E-state index in [9.17, 15) is 9.90 Å². The summed E-state index contributed by atoms with van der Waals surface area (Å²) in [6.45, 7) is 0.198. The average molecular weight is 326 g/mol. The Labute approximate surface area is 141 Å². The van der Waals surface area contributed by atoms with Gasteiger partial charge in [-0.05, 0) is 36.5 Å². The van der Waals surface area contributed by atoms with Crippen molar-refractivity contribution in [3.63, 3.8) is 0 Å². The quantitative estimate of drug-likeness (QED) is 0.757. The molecule has 2 atom stereocenters. The lowest BCUT2D eigenvalue weighted by atomic mass is 9.97. The first-order valence-electron chi connectivity index (χ1n) is 8.18. The van der Waals surface area contributed by atoms with Gasteiger partial charge in [-0.3, -0.25) is 5.32 Å². The van der Waals surface area contributed by atoms with Crippen molar-refractivity contribution in [3.05, 3.63) is 65.2 Å². The van der Waals surface area contributed by atoms with Crippen LogP contribution in [0, 0.1) is 0 Å². The number of anilines is 1. The number of rotatable bonds is 3. The van der Waals surface area contributed by atoms with Crippen molar-refractivity contribution >= 4 is 11.8 Å². The zero-order valence-corrected chi connectivity index (χ0v) is 13.4. The zero-order chi connectivity index (χ0) is 16.9. The maximum absolute atomic E-state index is 12.1. The minimum Gasteiger partial charge on any atom is -0.444 e. The van der Waals surface area contributed by atoms with E-state index in [0.717, 1.165) is 30.4 Å². The highest BCUT2D eigenvalue weighted by Crippen LogP contribution is 2.33. The van der Waals surface area contributed by atoms with E-state index in [4.69, 9.17) is 10.5 Å². The minimum atomic E-state index is -0.784. The van der Waals surface area contributed by atoms with Crippen molar-refractivity contribution in [2.45, 2.75) is 38.0 Å². The fourth-order valence-corrected chi connectivity index (χ4v) is 3.06. The number of carbonyl (C=O) groups excluding carboxylic acids is 1. The van der Waals surface area contributed by atoms with E-state index in [2.05, 4.69) is 5.32 Å². The van der Waals surface area contributed by atoms with Gasteiger partial charge in [0.2, 0.25) is 0 Å². The molecule has 126 valence electrons. The second-order valence-corrected chi connectivity index (χ2v) is 6.07. The van der Waals surface area contributed by atoms with E-state index in [1.165, 1.54) is 0 Å². The Morgan fingerprint density at radius 2 is 2.00 bits per heavy atom. The second kappa shape index (κ2) is 7.47. The largest absolute Gasteiger partial charge is 0.444 e. The van der Waals surface area contributed by atoms with Gasteiger partial charge in [0.25, 0.3) is 0 Å². The van der Waals surface area contributed by atoms with E-state index >= 15 is 0 Å². The van der Waals surface area contributed by atoms with Crippen molar-refractivity contribution in [2.75, 3.05) is 5.32 Å². The van der Waals surface area contributed by atoms with Gasteiger partial charge in [-0.15, -0.1) is 0 Å². The Bertz CT molecular complexity index is 703. The Balaban J connectivity index is 1.72. The van der Waals surface area contributed by atoms with Crippen molar-refractivity contribution in [1.82, 2.24) is 0 Å². The third kappa shape index (κ3) is 3.75. The number of carbonyl (C=O) groups is 1. The van der Waals surface area contributed by atoms with Crippen LogP contribution in [-0.2, 0) is 17.8 Å². The summed E-state index contributed by atoms with van der Waals surface area (Å²) in [5.74, 6) is 0. The molecule has 3 rings (SSSR count). The summed E-state index contributed by atoms with van der Waals surface area (Å²) in [5.41, 5.74) is 9.25. The average Bonchev–Trinajstić information content (AvgIpc) is 2.74. The summed E-state index contributed by atoms with van der Waals surface area (Å²) in [6.07, 6.45) is 1.20. The highest BCUT2D eigenvalue weighted by Gasteiger charge is 2.26. The summed E-state index contributed by atoms with van der Waals surface area (Å²) in [5, 5.41) is 13.2. The number of hydrogen-bond donors (Lipinski definition) is 3. The van der Waals surface area contributed by atoms with Crippen LogP contribution in [0.4, 0.5) is 10.5 Å². The van der Waals surface area contributed by atoms with Gasteiger partial charge in [0.05, 0.1) is 11.8 Å². The summed E-state index contributed by atoms with van der Waals surface area (Å²) >= 11 is 0. The lowest BCUT2D eigenvalue weighted by molar-refractivity contribution is 0.144. The molecule has 1 aliphatic rings. The number of aliphatic hydroxyl groups is 1. The molecule has 0 spiro atoms. The maximum Gasteiger partial charge on any atom is 0.411 e. The van der Waals surface area contributed by atoms with E-state index < -0.39 is 12.2 Å². The number of amides is 1. The van der Waals surface area contributed by atoms with Gasteiger partial charge in [0.1, 0.15) is 6.61 Å². The van der Waals surface area contributed by atoms with E-state index in [1.54, 1.807) is 6.07 Å². The molecule has 24 heavy (non-hydrogen) atoms. The number of benzene rings is 2. The van der Waals surface area contributed by atoms with Gasteiger partial charge in [-0.2, -0.15) is 0 Å². The van der Waals surface area contributed by atoms with Crippen LogP contribution in [0.2, 0.25) is 0 Å². The fourth-order valence-electron chi connectivity index (χ4n) is 3.06. The van der Waals surface area contributed by atoms with Crippen LogP contribution >= 0.6 is 0 Å². The molecule has 1 aliphatic carbocycles. The molecule has 0 heterocycles. The molecule has 0 fully saturated rings. The summed E-state index contributed by atoms with van der Waals surface area (Å²) in [6, 6.07) is 14.8. The molecular formula is C19H22N2O3. The molecule has 0 saturated carbocycles. The summed E-state index contributed by atoms with van der Waals surface area (Å²) < 4.78 is 5.25. The molecule has 2 unspecified atom stereocenters. The van der Waals surface area contributed by atoms with Crippen molar-refractivity contribution in [1.29, 1.82) is 0 Å². The number of ether oxygens (including phenoxy) is 1. The molecular weight excluding hydrogens is 304 g/mol. The van der Waals surface area contributed by atoms with E-state index in [1.807, 2.05) is 42.5 Å². The first-order chi connectivity index (χ1) is 11.6. The molecule has 2 aromatic carbocycles. The number of hydrogen-bond acceptors (Lipinski definition) is 4. The molecule has 4 N–H and O–H groups in total. The van der Waals surface area contributed by atoms with E-state index in [-0.39, 0.29) is 12.6 Å². The van der Waals surface area contributed by atoms with Gasteiger partial charge >= 0.3 is 6.09 Å². The van der Waals surface area contributed by atoms with Crippen molar-refractivity contribution in [2.24, 2.45) is 5.73 Å². The fraction of sp³-hybridized carbons (Fsp3) is 0.316. The van der Waals surface area contributed by atoms with Gasteiger partial charge in [-0.1, -0.05) is 42.5 Å². The lowest BCUT2D eigenvalue weighted by Crippen LogP contribution is -2.28. The summed E-state index contributed by atoms with van der Waals surface area (Å²) in [4.78, 5) is 12.1. The smallest absolute Gasteiger partial charge is 0.411 e.